The van der Waals surface area contributed by atoms with Gasteiger partial charge in [-0.15, -0.1) is 16.4 Å². The Morgan fingerprint density at radius 2 is 2.30 bits per heavy atom. The maximum Gasteiger partial charge on any atom is 0.396 e. The highest BCUT2D eigenvalue weighted by Gasteiger charge is 2.16. The third-order valence-electron chi connectivity index (χ3n) is 2.26. The first-order valence-corrected chi connectivity index (χ1v) is 8.04. The highest BCUT2D eigenvalue weighted by molar-refractivity contribution is 7.98. The van der Waals surface area contributed by atoms with E-state index in [4.69, 9.17) is 9.15 Å². The van der Waals surface area contributed by atoms with Crippen molar-refractivity contribution in [2.75, 3.05) is 6.61 Å². The SMILES string of the molecule is CCOC(=O)c1nnc(SCc2csc(C(C)C)n2)o1. The molecule has 2 aromatic heterocycles. The monoisotopic (exact) mass is 313 g/mol. The van der Waals surface area contributed by atoms with Crippen LogP contribution in [-0.2, 0) is 10.5 Å². The lowest BCUT2D eigenvalue weighted by Crippen LogP contribution is -2.04. The van der Waals surface area contributed by atoms with Gasteiger partial charge in [0, 0.05) is 17.1 Å². The molecular weight excluding hydrogens is 298 g/mol. The molecule has 0 fully saturated rings. The van der Waals surface area contributed by atoms with Gasteiger partial charge in [0.05, 0.1) is 17.3 Å². The molecule has 2 aromatic rings. The second-order valence-electron chi connectivity index (χ2n) is 4.21. The second-order valence-corrected chi connectivity index (χ2v) is 6.03. The van der Waals surface area contributed by atoms with Crippen molar-refractivity contribution in [1.82, 2.24) is 15.2 Å². The van der Waals surface area contributed by atoms with Gasteiger partial charge in [-0.05, 0) is 6.92 Å². The van der Waals surface area contributed by atoms with Gasteiger partial charge in [-0.1, -0.05) is 30.7 Å². The molecule has 2 heterocycles. The molecule has 0 aliphatic heterocycles. The Labute approximate surface area is 125 Å². The molecule has 0 aromatic carbocycles. The van der Waals surface area contributed by atoms with Gasteiger partial charge >= 0.3 is 11.9 Å². The summed E-state index contributed by atoms with van der Waals surface area (Å²) in [5.74, 6) is 0.351. The number of ether oxygens (including phenoxy) is 1. The molecule has 0 unspecified atom stereocenters. The minimum atomic E-state index is -0.595. The molecular formula is C12H15N3O3S2. The van der Waals surface area contributed by atoms with Gasteiger partial charge in [0.25, 0.3) is 5.22 Å². The van der Waals surface area contributed by atoms with E-state index in [-0.39, 0.29) is 12.5 Å². The summed E-state index contributed by atoms with van der Waals surface area (Å²) in [4.78, 5) is 15.9. The Morgan fingerprint density at radius 3 is 2.95 bits per heavy atom. The Kier molecular flexibility index (Phi) is 5.13. The van der Waals surface area contributed by atoms with Crippen LogP contribution >= 0.6 is 23.1 Å². The van der Waals surface area contributed by atoms with Crippen LogP contribution in [-0.4, -0.2) is 27.8 Å². The number of thiazole rings is 1. The summed E-state index contributed by atoms with van der Waals surface area (Å²) in [7, 11) is 0. The molecule has 8 heteroatoms. The molecule has 0 saturated carbocycles. The highest BCUT2D eigenvalue weighted by atomic mass is 32.2. The third kappa shape index (κ3) is 3.80. The van der Waals surface area contributed by atoms with Crippen LogP contribution < -0.4 is 0 Å². The zero-order valence-electron chi connectivity index (χ0n) is 11.5. The van der Waals surface area contributed by atoms with Crippen LogP contribution in [0.3, 0.4) is 0 Å². The number of hydrogen-bond donors (Lipinski definition) is 0. The first kappa shape index (κ1) is 15.0. The van der Waals surface area contributed by atoms with E-state index in [0.29, 0.717) is 16.9 Å². The summed E-state index contributed by atoms with van der Waals surface area (Å²) in [5, 5.41) is 10.9. The van der Waals surface area contributed by atoms with E-state index >= 15 is 0 Å². The van der Waals surface area contributed by atoms with Gasteiger partial charge in [-0.2, -0.15) is 0 Å². The number of nitrogens with zero attached hydrogens (tertiary/aromatic N) is 3. The lowest BCUT2D eigenvalue weighted by Gasteiger charge is -1.96. The molecule has 0 radical (unpaired) electrons. The van der Waals surface area contributed by atoms with E-state index in [1.165, 1.54) is 11.8 Å². The van der Waals surface area contributed by atoms with E-state index in [0.717, 1.165) is 10.7 Å². The molecule has 0 aliphatic carbocycles. The topological polar surface area (TPSA) is 78.1 Å². The number of carbonyl (C=O) groups excluding carboxylic acids is 1. The van der Waals surface area contributed by atoms with Crippen molar-refractivity contribution in [3.8, 4) is 0 Å². The van der Waals surface area contributed by atoms with Crippen molar-refractivity contribution in [3.63, 3.8) is 0 Å². The summed E-state index contributed by atoms with van der Waals surface area (Å²) in [5.41, 5.74) is 0.972. The van der Waals surface area contributed by atoms with E-state index in [9.17, 15) is 4.79 Å². The third-order valence-corrected chi connectivity index (χ3v) is 4.31. The Hall–Kier alpha value is -1.41. The number of hydrogen-bond acceptors (Lipinski definition) is 8. The quantitative estimate of drug-likeness (QED) is 0.599. The van der Waals surface area contributed by atoms with Gasteiger partial charge in [-0.25, -0.2) is 9.78 Å². The number of carbonyl (C=O) groups is 1. The van der Waals surface area contributed by atoms with Crippen molar-refractivity contribution >= 4 is 29.1 Å². The fraction of sp³-hybridized carbons (Fsp3) is 0.500. The Bertz CT molecular complexity index is 580. The van der Waals surface area contributed by atoms with Crippen molar-refractivity contribution in [2.45, 2.75) is 37.7 Å². The van der Waals surface area contributed by atoms with Gasteiger partial charge in [0.2, 0.25) is 0 Å². The molecule has 0 N–H and O–H groups in total. The summed E-state index contributed by atoms with van der Waals surface area (Å²) in [6, 6.07) is 0. The zero-order chi connectivity index (χ0) is 14.5. The van der Waals surface area contributed by atoms with Crippen LogP contribution in [0.4, 0.5) is 0 Å². The second kappa shape index (κ2) is 6.85. The molecule has 0 spiro atoms. The summed E-state index contributed by atoms with van der Waals surface area (Å²) >= 11 is 3.00. The minimum Gasteiger partial charge on any atom is -0.459 e. The number of rotatable bonds is 6. The van der Waals surface area contributed by atoms with Crippen LogP contribution in [0.2, 0.25) is 0 Å². The first-order chi connectivity index (χ1) is 9.60. The summed E-state index contributed by atoms with van der Waals surface area (Å²) < 4.78 is 9.99. The summed E-state index contributed by atoms with van der Waals surface area (Å²) in [6.07, 6.45) is 0. The van der Waals surface area contributed by atoms with Crippen molar-refractivity contribution in [3.05, 3.63) is 22.0 Å². The van der Waals surface area contributed by atoms with Gasteiger partial charge in [0.1, 0.15) is 0 Å². The predicted octanol–water partition coefficient (Wildman–Crippen LogP) is 3.12. The van der Waals surface area contributed by atoms with Crippen LogP contribution in [0.5, 0.6) is 0 Å². The van der Waals surface area contributed by atoms with Gasteiger partial charge < -0.3 is 9.15 Å². The standard InChI is InChI=1S/C12H15N3O3S2/c1-4-17-11(16)9-14-15-12(18-9)20-6-8-5-19-10(13-8)7(2)3/h5,7H,4,6H2,1-3H3. The lowest BCUT2D eigenvalue weighted by molar-refractivity contribution is 0.0475. The van der Waals surface area contributed by atoms with Crippen LogP contribution in [0.1, 0.15) is 48.1 Å². The van der Waals surface area contributed by atoms with E-state index in [1.807, 2.05) is 5.38 Å². The number of aromatic nitrogens is 3. The zero-order valence-corrected chi connectivity index (χ0v) is 13.1. The lowest BCUT2D eigenvalue weighted by atomic mass is 10.2. The van der Waals surface area contributed by atoms with Crippen LogP contribution in [0.25, 0.3) is 0 Å². The maximum absolute atomic E-state index is 11.4. The predicted molar refractivity (Wildman–Crippen MR) is 76.0 cm³/mol. The molecule has 6 nitrogen and oxygen atoms in total. The molecule has 0 bridgehead atoms. The normalized spacial score (nSPS) is 11.0. The molecule has 0 amide bonds. The van der Waals surface area contributed by atoms with E-state index in [1.54, 1.807) is 18.3 Å². The highest BCUT2D eigenvalue weighted by Crippen LogP contribution is 2.25. The molecule has 20 heavy (non-hydrogen) atoms. The number of thioether (sulfide) groups is 1. The van der Waals surface area contributed by atoms with Crippen LogP contribution in [0, 0.1) is 0 Å². The average molecular weight is 313 g/mol. The van der Waals surface area contributed by atoms with Gasteiger partial charge in [0.15, 0.2) is 0 Å². The number of esters is 1. The first-order valence-electron chi connectivity index (χ1n) is 6.17. The van der Waals surface area contributed by atoms with Crippen molar-refractivity contribution < 1.29 is 13.9 Å². The smallest absolute Gasteiger partial charge is 0.396 e. The Balaban J connectivity index is 1.92. The minimum absolute atomic E-state index is 0.115. The molecule has 108 valence electrons. The molecule has 2 rings (SSSR count). The molecule has 0 aliphatic rings. The van der Waals surface area contributed by atoms with E-state index < -0.39 is 5.97 Å². The Morgan fingerprint density at radius 1 is 1.50 bits per heavy atom. The molecule has 0 saturated heterocycles. The fourth-order valence-electron chi connectivity index (χ4n) is 1.33. The fourth-order valence-corrected chi connectivity index (χ4v) is 2.93. The van der Waals surface area contributed by atoms with Gasteiger partial charge in [-0.3, -0.25) is 0 Å². The van der Waals surface area contributed by atoms with Crippen molar-refractivity contribution in [1.29, 1.82) is 0 Å². The maximum atomic E-state index is 11.4. The van der Waals surface area contributed by atoms with Crippen molar-refractivity contribution in [2.24, 2.45) is 0 Å². The summed E-state index contributed by atoms with van der Waals surface area (Å²) in [6.45, 7) is 6.22. The van der Waals surface area contributed by atoms with Crippen LogP contribution in [0.15, 0.2) is 15.0 Å². The average Bonchev–Trinajstić information content (AvgIpc) is 3.06. The van der Waals surface area contributed by atoms with E-state index in [2.05, 4.69) is 29.0 Å². The largest absolute Gasteiger partial charge is 0.459 e. The molecule has 0 atom stereocenters.